The molecule has 2 aromatic rings. The minimum Gasteiger partial charge on any atom is -0.335 e. The minimum atomic E-state index is -4.25. The Morgan fingerprint density at radius 2 is 2.24 bits per heavy atom. The summed E-state index contributed by atoms with van der Waals surface area (Å²) in [6.45, 7) is 1.62. The second kappa shape index (κ2) is 6.98. The number of amides is 2. The molecule has 0 aliphatic heterocycles. The number of carbonyl (C=O) groups is 1. The highest BCUT2D eigenvalue weighted by atomic mass is 32.1. The Labute approximate surface area is 145 Å². The van der Waals surface area contributed by atoms with E-state index in [1.165, 1.54) is 17.5 Å². The Bertz CT molecular complexity index is 739. The van der Waals surface area contributed by atoms with Crippen LogP contribution >= 0.6 is 11.3 Å². The number of alkyl halides is 3. The average Bonchev–Trinajstić information content (AvgIpc) is 3.09. The van der Waals surface area contributed by atoms with Crippen LogP contribution in [-0.4, -0.2) is 38.2 Å². The van der Waals surface area contributed by atoms with Crippen LogP contribution in [0.25, 0.3) is 10.7 Å². The number of hydrogen-bond donors (Lipinski definition) is 2. The summed E-state index contributed by atoms with van der Waals surface area (Å²) in [5.41, 5.74) is 0.368. The van der Waals surface area contributed by atoms with Crippen LogP contribution in [0.4, 0.5) is 23.8 Å². The van der Waals surface area contributed by atoms with E-state index in [-0.39, 0.29) is 18.6 Å². The molecular weight excluding hydrogens is 357 g/mol. The van der Waals surface area contributed by atoms with Gasteiger partial charge in [0.25, 0.3) is 0 Å². The van der Waals surface area contributed by atoms with Crippen molar-refractivity contribution in [2.45, 2.75) is 44.9 Å². The number of nitrogens with one attached hydrogen (secondary N) is 2. The first kappa shape index (κ1) is 17.6. The number of nitrogens with zero attached hydrogens (tertiary/aromatic N) is 4. The van der Waals surface area contributed by atoms with E-state index in [1.807, 2.05) is 6.92 Å². The molecule has 2 heterocycles. The zero-order valence-electron chi connectivity index (χ0n) is 13.4. The third-order valence-corrected chi connectivity index (χ3v) is 4.65. The van der Waals surface area contributed by atoms with Gasteiger partial charge >= 0.3 is 12.2 Å². The first-order chi connectivity index (χ1) is 11.8. The first-order valence-corrected chi connectivity index (χ1v) is 8.68. The lowest BCUT2D eigenvalue weighted by Crippen LogP contribution is -2.37. The molecule has 2 amide bonds. The Kier molecular flexibility index (Phi) is 4.93. The lowest BCUT2D eigenvalue weighted by atomic mass is 10.2. The molecule has 1 saturated carbocycles. The Balaban J connectivity index is 1.55. The third-order valence-electron chi connectivity index (χ3n) is 3.78. The molecule has 2 aromatic heterocycles. The predicted molar refractivity (Wildman–Crippen MR) is 86.1 cm³/mol. The van der Waals surface area contributed by atoms with Crippen molar-refractivity contribution in [3.8, 4) is 10.7 Å². The van der Waals surface area contributed by atoms with Gasteiger partial charge in [-0.05, 0) is 25.7 Å². The molecule has 0 spiro atoms. The van der Waals surface area contributed by atoms with Gasteiger partial charge in [0.1, 0.15) is 16.5 Å². The Morgan fingerprint density at radius 3 is 2.92 bits per heavy atom. The number of thiazole rings is 1. The molecule has 1 aliphatic rings. The van der Waals surface area contributed by atoms with Gasteiger partial charge in [0, 0.05) is 11.4 Å². The largest absolute Gasteiger partial charge is 0.390 e. The maximum atomic E-state index is 12.2. The van der Waals surface area contributed by atoms with Gasteiger partial charge in [0.2, 0.25) is 0 Å². The van der Waals surface area contributed by atoms with Gasteiger partial charge < -0.3 is 5.32 Å². The zero-order chi connectivity index (χ0) is 18.0. The molecule has 0 bridgehead atoms. The van der Waals surface area contributed by atoms with Crippen LogP contribution in [0.3, 0.4) is 0 Å². The quantitative estimate of drug-likeness (QED) is 0.813. The molecule has 0 unspecified atom stereocenters. The van der Waals surface area contributed by atoms with Crippen LogP contribution in [0.5, 0.6) is 0 Å². The van der Waals surface area contributed by atoms with Crippen molar-refractivity contribution in [2.75, 3.05) is 5.32 Å². The maximum absolute atomic E-state index is 12.2. The molecule has 0 radical (unpaired) electrons. The number of anilines is 1. The monoisotopic (exact) mass is 374 g/mol. The van der Waals surface area contributed by atoms with Crippen molar-refractivity contribution in [1.29, 1.82) is 0 Å². The van der Waals surface area contributed by atoms with E-state index in [2.05, 4.69) is 25.8 Å². The third kappa shape index (κ3) is 5.15. The summed E-state index contributed by atoms with van der Waals surface area (Å²) in [5.74, 6) is 0.911. The molecule has 2 N–H and O–H groups in total. The summed E-state index contributed by atoms with van der Waals surface area (Å²) in [6, 6.07) is -0.211. The van der Waals surface area contributed by atoms with Crippen molar-refractivity contribution in [2.24, 2.45) is 5.92 Å². The highest BCUT2D eigenvalue weighted by molar-refractivity contribution is 7.13. The molecule has 3 rings (SSSR count). The van der Waals surface area contributed by atoms with Crippen LogP contribution in [0.1, 0.15) is 26.2 Å². The first-order valence-electron chi connectivity index (χ1n) is 7.80. The SMILES string of the molecule is C[C@H](NC(=O)Nc1csc(-c2cnn(CCC(F)(F)F)n2)n1)C1CC1. The van der Waals surface area contributed by atoms with Gasteiger partial charge in [-0.2, -0.15) is 28.2 Å². The van der Waals surface area contributed by atoms with Crippen molar-refractivity contribution in [3.05, 3.63) is 11.6 Å². The molecule has 25 heavy (non-hydrogen) atoms. The highest BCUT2D eigenvalue weighted by Crippen LogP contribution is 2.32. The van der Waals surface area contributed by atoms with Crippen LogP contribution in [-0.2, 0) is 6.54 Å². The molecule has 1 aliphatic carbocycles. The Hall–Kier alpha value is -2.17. The molecule has 0 saturated heterocycles. The summed E-state index contributed by atoms with van der Waals surface area (Å²) < 4.78 is 36.6. The Morgan fingerprint density at radius 1 is 1.48 bits per heavy atom. The van der Waals surface area contributed by atoms with Crippen LogP contribution in [0.2, 0.25) is 0 Å². The van der Waals surface area contributed by atoms with E-state index in [1.54, 1.807) is 5.38 Å². The molecule has 1 fully saturated rings. The fourth-order valence-electron chi connectivity index (χ4n) is 2.25. The van der Waals surface area contributed by atoms with Gasteiger partial charge in [0.15, 0.2) is 0 Å². The molecular formula is C14H17F3N6OS. The number of urea groups is 1. The number of halogens is 3. The van der Waals surface area contributed by atoms with E-state index in [0.717, 1.165) is 17.6 Å². The van der Waals surface area contributed by atoms with E-state index in [0.29, 0.717) is 22.4 Å². The van der Waals surface area contributed by atoms with Crippen molar-refractivity contribution in [3.63, 3.8) is 0 Å². The number of hydrogen-bond acceptors (Lipinski definition) is 5. The van der Waals surface area contributed by atoms with Crippen LogP contribution < -0.4 is 10.6 Å². The van der Waals surface area contributed by atoms with E-state index in [9.17, 15) is 18.0 Å². The number of carbonyl (C=O) groups excluding carboxylic acids is 1. The lowest BCUT2D eigenvalue weighted by molar-refractivity contribution is -0.137. The molecule has 1 atom stereocenters. The standard InChI is InChI=1S/C14H17F3N6OS/c1-8(9-2-3-9)19-13(24)21-11-7-25-12(20-11)10-6-18-23(22-10)5-4-14(15,16)17/h6-9H,2-5H2,1H3,(H2,19,21,24)/t8-/m0/s1. The fourth-order valence-corrected chi connectivity index (χ4v) is 2.95. The predicted octanol–water partition coefficient (Wildman–Crippen LogP) is 3.27. The smallest absolute Gasteiger partial charge is 0.335 e. The number of aryl methyl sites for hydroxylation is 1. The van der Waals surface area contributed by atoms with E-state index < -0.39 is 12.6 Å². The normalized spacial score (nSPS) is 15.8. The summed E-state index contributed by atoms with van der Waals surface area (Å²) >= 11 is 1.23. The number of aromatic nitrogens is 4. The average molecular weight is 374 g/mol. The summed E-state index contributed by atoms with van der Waals surface area (Å²) in [6.07, 6.45) is -1.63. The topological polar surface area (TPSA) is 84.7 Å². The number of rotatable bonds is 6. The van der Waals surface area contributed by atoms with Crippen molar-refractivity contribution < 1.29 is 18.0 Å². The molecule has 7 nitrogen and oxygen atoms in total. The van der Waals surface area contributed by atoms with Crippen molar-refractivity contribution >= 4 is 23.2 Å². The maximum Gasteiger partial charge on any atom is 0.390 e. The lowest BCUT2D eigenvalue weighted by Gasteiger charge is -2.12. The van der Waals surface area contributed by atoms with Gasteiger partial charge in [-0.1, -0.05) is 0 Å². The van der Waals surface area contributed by atoms with Crippen LogP contribution in [0, 0.1) is 5.92 Å². The van der Waals surface area contributed by atoms with Crippen LogP contribution in [0.15, 0.2) is 11.6 Å². The second-order valence-corrected chi connectivity index (χ2v) is 6.81. The van der Waals surface area contributed by atoms with E-state index >= 15 is 0 Å². The molecule has 0 aromatic carbocycles. The van der Waals surface area contributed by atoms with Gasteiger partial charge in [-0.3, -0.25) is 5.32 Å². The van der Waals surface area contributed by atoms with E-state index in [4.69, 9.17) is 0 Å². The summed E-state index contributed by atoms with van der Waals surface area (Å²) in [5, 5.41) is 15.4. The molecule has 11 heteroatoms. The zero-order valence-corrected chi connectivity index (χ0v) is 14.2. The van der Waals surface area contributed by atoms with Gasteiger partial charge in [0.05, 0.1) is 19.2 Å². The van der Waals surface area contributed by atoms with Gasteiger partial charge in [-0.15, -0.1) is 11.3 Å². The molecule has 136 valence electrons. The second-order valence-electron chi connectivity index (χ2n) is 5.95. The van der Waals surface area contributed by atoms with Gasteiger partial charge in [-0.25, -0.2) is 9.78 Å². The minimum absolute atomic E-state index is 0.117. The van der Waals surface area contributed by atoms with Crippen molar-refractivity contribution in [1.82, 2.24) is 25.3 Å². The fraction of sp³-hybridized carbons (Fsp3) is 0.571. The summed E-state index contributed by atoms with van der Waals surface area (Å²) in [7, 11) is 0. The highest BCUT2D eigenvalue weighted by Gasteiger charge is 2.29. The summed E-state index contributed by atoms with van der Waals surface area (Å²) in [4.78, 5) is 17.1.